The number of nitrogens with zero attached hydrogens (tertiary/aromatic N) is 1. The van der Waals surface area contributed by atoms with Crippen LogP contribution in [0.1, 0.15) is 23.6 Å². The number of benzene rings is 3. The van der Waals surface area contributed by atoms with Crippen molar-refractivity contribution >= 4 is 33.9 Å². The third kappa shape index (κ3) is 6.86. The third-order valence-corrected chi connectivity index (χ3v) is 4.97. The Bertz CT molecular complexity index is 1040. The van der Waals surface area contributed by atoms with E-state index >= 15 is 0 Å². The Morgan fingerprint density at radius 2 is 1.74 bits per heavy atom. The molecule has 0 aliphatic carbocycles. The minimum Gasteiger partial charge on any atom is -0.490 e. The molecule has 7 heteroatoms. The Labute approximate surface area is 190 Å². The molecule has 0 atom stereocenters. The number of rotatable bonds is 8. The molecule has 0 aromatic heterocycles. The van der Waals surface area contributed by atoms with E-state index in [0.717, 1.165) is 21.2 Å². The summed E-state index contributed by atoms with van der Waals surface area (Å²) in [5.74, 6) is 1.23. The van der Waals surface area contributed by atoms with E-state index < -0.39 is 6.03 Å². The monoisotopic (exact) mass is 481 g/mol. The molecule has 0 saturated carbocycles. The maximum atomic E-state index is 12.0. The molecule has 0 spiro atoms. The number of halogens is 1. The van der Waals surface area contributed by atoms with Gasteiger partial charge in [-0.25, -0.2) is 10.2 Å². The smallest absolute Gasteiger partial charge is 0.339 e. The highest BCUT2D eigenvalue weighted by Gasteiger charge is 2.11. The van der Waals surface area contributed by atoms with Crippen LogP contribution in [0.2, 0.25) is 0 Å². The van der Waals surface area contributed by atoms with Crippen LogP contribution in [0, 0.1) is 6.92 Å². The van der Waals surface area contributed by atoms with Crippen LogP contribution in [0.4, 0.5) is 10.5 Å². The number of carbonyl (C=O) groups excluding carboxylic acids is 1. The quantitative estimate of drug-likeness (QED) is 0.311. The second kappa shape index (κ2) is 11.2. The molecule has 3 rings (SSSR count). The summed E-state index contributed by atoms with van der Waals surface area (Å²) in [7, 11) is 0. The summed E-state index contributed by atoms with van der Waals surface area (Å²) in [6, 6.07) is 20.7. The van der Waals surface area contributed by atoms with E-state index in [1.165, 1.54) is 0 Å². The summed E-state index contributed by atoms with van der Waals surface area (Å²) in [6.07, 6.45) is 1.54. The van der Waals surface area contributed by atoms with E-state index in [1.807, 2.05) is 80.6 Å². The Kier molecular flexibility index (Phi) is 8.06. The molecule has 31 heavy (non-hydrogen) atoms. The molecule has 0 heterocycles. The van der Waals surface area contributed by atoms with Crippen LogP contribution in [0.25, 0.3) is 0 Å². The molecule has 3 aromatic carbocycles. The van der Waals surface area contributed by atoms with Gasteiger partial charge in [0.2, 0.25) is 0 Å². The van der Waals surface area contributed by atoms with Crippen molar-refractivity contribution in [1.82, 2.24) is 5.43 Å². The number of amides is 2. The number of nitrogens with one attached hydrogen (secondary N) is 2. The van der Waals surface area contributed by atoms with Crippen molar-refractivity contribution in [3.8, 4) is 11.5 Å². The maximum Gasteiger partial charge on any atom is 0.339 e. The van der Waals surface area contributed by atoms with E-state index in [4.69, 9.17) is 9.47 Å². The van der Waals surface area contributed by atoms with Crippen molar-refractivity contribution in [2.45, 2.75) is 20.5 Å². The van der Waals surface area contributed by atoms with E-state index in [9.17, 15) is 4.79 Å². The number of hydrogen-bond acceptors (Lipinski definition) is 4. The topological polar surface area (TPSA) is 72.0 Å². The molecule has 0 aliphatic rings. The van der Waals surface area contributed by atoms with Gasteiger partial charge in [0.25, 0.3) is 0 Å². The van der Waals surface area contributed by atoms with Crippen molar-refractivity contribution in [1.29, 1.82) is 0 Å². The summed E-state index contributed by atoms with van der Waals surface area (Å²) in [4.78, 5) is 12.0. The van der Waals surface area contributed by atoms with Gasteiger partial charge in [-0.05, 0) is 59.6 Å². The first kappa shape index (κ1) is 22.4. The Morgan fingerprint density at radius 1 is 1.03 bits per heavy atom. The van der Waals surface area contributed by atoms with Crippen LogP contribution in [0.15, 0.2) is 76.3 Å². The fourth-order valence-electron chi connectivity index (χ4n) is 2.72. The second-order valence-electron chi connectivity index (χ2n) is 6.72. The van der Waals surface area contributed by atoms with Crippen LogP contribution in [-0.4, -0.2) is 18.9 Å². The van der Waals surface area contributed by atoms with Crippen LogP contribution in [0.3, 0.4) is 0 Å². The Hall–Kier alpha value is -3.32. The van der Waals surface area contributed by atoms with Crippen LogP contribution in [0.5, 0.6) is 11.5 Å². The van der Waals surface area contributed by atoms with E-state index in [2.05, 4.69) is 31.8 Å². The predicted octanol–water partition coefficient (Wildman–Crippen LogP) is 5.89. The number of carbonyl (C=O) groups is 1. The van der Waals surface area contributed by atoms with Gasteiger partial charge in [-0.3, -0.25) is 0 Å². The van der Waals surface area contributed by atoms with Crippen LogP contribution >= 0.6 is 15.9 Å². The highest BCUT2D eigenvalue weighted by atomic mass is 79.9. The van der Waals surface area contributed by atoms with E-state index in [-0.39, 0.29) is 0 Å². The van der Waals surface area contributed by atoms with Crippen molar-refractivity contribution in [3.63, 3.8) is 0 Å². The zero-order valence-electron chi connectivity index (χ0n) is 17.4. The number of ether oxygens (including phenoxy) is 2. The number of urea groups is 1. The van der Waals surface area contributed by atoms with Gasteiger partial charge in [-0.2, -0.15) is 5.10 Å². The lowest BCUT2D eigenvalue weighted by atomic mass is 10.2. The lowest BCUT2D eigenvalue weighted by Crippen LogP contribution is -2.24. The zero-order valence-corrected chi connectivity index (χ0v) is 19.0. The van der Waals surface area contributed by atoms with Gasteiger partial charge in [0.05, 0.1) is 12.8 Å². The molecule has 6 nitrogen and oxygen atoms in total. The van der Waals surface area contributed by atoms with Gasteiger partial charge in [-0.15, -0.1) is 0 Å². The second-order valence-corrected chi connectivity index (χ2v) is 7.57. The minimum absolute atomic E-state index is 0.427. The lowest BCUT2D eigenvalue weighted by Gasteiger charge is -2.14. The summed E-state index contributed by atoms with van der Waals surface area (Å²) in [5.41, 5.74) is 6.08. The summed E-state index contributed by atoms with van der Waals surface area (Å²) < 4.78 is 12.4. The maximum absolute atomic E-state index is 12.0. The van der Waals surface area contributed by atoms with Gasteiger partial charge in [-0.1, -0.05) is 48.0 Å². The van der Waals surface area contributed by atoms with Crippen molar-refractivity contribution in [2.75, 3.05) is 11.9 Å². The molecule has 160 valence electrons. The Balaban J connectivity index is 1.65. The van der Waals surface area contributed by atoms with Gasteiger partial charge in [0.15, 0.2) is 11.5 Å². The summed E-state index contributed by atoms with van der Waals surface area (Å²) in [5, 5.41) is 6.75. The van der Waals surface area contributed by atoms with Crippen molar-refractivity contribution in [2.24, 2.45) is 5.10 Å². The molecule has 2 amide bonds. The minimum atomic E-state index is -0.427. The standard InChI is InChI=1S/C24H24BrN3O3/c1-3-30-22-13-19(15-26-28-24(29)27-20-11-9-17(2)10-12-20)21(25)14-23(22)31-16-18-7-5-4-6-8-18/h4-15H,3,16H2,1-2H3,(H2,27,28,29)/b26-15-. The molecule has 0 aliphatic heterocycles. The molecule has 0 radical (unpaired) electrons. The fourth-order valence-corrected chi connectivity index (χ4v) is 3.15. The first-order valence-electron chi connectivity index (χ1n) is 9.85. The lowest BCUT2D eigenvalue weighted by molar-refractivity contribution is 0.252. The largest absolute Gasteiger partial charge is 0.490 e. The zero-order chi connectivity index (χ0) is 22.1. The molecule has 2 N–H and O–H groups in total. The molecule has 3 aromatic rings. The SMILES string of the molecule is CCOc1cc(/C=N\NC(=O)Nc2ccc(C)cc2)c(Br)cc1OCc1ccccc1. The van der Waals surface area contributed by atoms with E-state index in [0.29, 0.717) is 30.4 Å². The summed E-state index contributed by atoms with van der Waals surface area (Å²) in [6.45, 7) is 4.83. The normalized spacial score (nSPS) is 10.7. The molecule has 0 bridgehead atoms. The highest BCUT2D eigenvalue weighted by Crippen LogP contribution is 2.33. The number of aryl methyl sites for hydroxylation is 1. The van der Waals surface area contributed by atoms with Gasteiger partial charge in [0, 0.05) is 15.7 Å². The molecule has 0 saturated heterocycles. The van der Waals surface area contributed by atoms with Crippen LogP contribution < -0.4 is 20.2 Å². The third-order valence-electron chi connectivity index (χ3n) is 4.28. The van der Waals surface area contributed by atoms with Gasteiger partial charge in [0.1, 0.15) is 6.61 Å². The molecular formula is C24H24BrN3O3. The molecular weight excluding hydrogens is 458 g/mol. The number of anilines is 1. The van der Waals surface area contributed by atoms with Crippen molar-refractivity contribution in [3.05, 3.63) is 87.9 Å². The van der Waals surface area contributed by atoms with Crippen LogP contribution in [-0.2, 0) is 6.61 Å². The number of hydrogen-bond donors (Lipinski definition) is 2. The van der Waals surface area contributed by atoms with Gasteiger partial charge >= 0.3 is 6.03 Å². The first-order chi connectivity index (χ1) is 15.0. The highest BCUT2D eigenvalue weighted by molar-refractivity contribution is 9.10. The average molecular weight is 482 g/mol. The molecule has 0 unspecified atom stereocenters. The van der Waals surface area contributed by atoms with Gasteiger partial charge < -0.3 is 14.8 Å². The average Bonchev–Trinajstić information content (AvgIpc) is 2.77. The first-order valence-corrected chi connectivity index (χ1v) is 10.6. The summed E-state index contributed by atoms with van der Waals surface area (Å²) >= 11 is 3.53. The van der Waals surface area contributed by atoms with Crippen molar-refractivity contribution < 1.29 is 14.3 Å². The number of hydrazone groups is 1. The predicted molar refractivity (Wildman–Crippen MR) is 127 cm³/mol. The Morgan fingerprint density at radius 3 is 2.45 bits per heavy atom. The fraction of sp³-hybridized carbons (Fsp3) is 0.167. The molecule has 0 fully saturated rings. The van der Waals surface area contributed by atoms with E-state index in [1.54, 1.807) is 6.21 Å².